The molecule has 0 heterocycles. The molecule has 5 N–H and O–H groups in total. The maximum atomic E-state index is 12.0. The lowest BCUT2D eigenvalue weighted by Crippen LogP contribution is -2.53. The standard InChI is InChI=1S/C12H23N3O4/c1-7(2)10(14-8(3)16)11(17)15-9(12(18)19)5-4-6-13/h7,9-10H,4-6,13H2,1-3H3,(H,14,16)(H,15,17)(H,18,19)/t9-,10-/m0/s1. The van der Waals surface area contributed by atoms with Crippen molar-refractivity contribution in [1.82, 2.24) is 10.6 Å². The Morgan fingerprint density at radius 3 is 2.16 bits per heavy atom. The minimum atomic E-state index is -1.10. The zero-order valence-electron chi connectivity index (χ0n) is 11.6. The van der Waals surface area contributed by atoms with Gasteiger partial charge < -0.3 is 21.5 Å². The van der Waals surface area contributed by atoms with Crippen molar-refractivity contribution in [1.29, 1.82) is 0 Å². The van der Waals surface area contributed by atoms with Gasteiger partial charge in [-0.2, -0.15) is 0 Å². The van der Waals surface area contributed by atoms with Gasteiger partial charge in [-0.05, 0) is 25.3 Å². The molecule has 0 radical (unpaired) electrons. The van der Waals surface area contributed by atoms with Crippen molar-refractivity contribution >= 4 is 17.8 Å². The Bertz CT molecular complexity index is 331. The third-order valence-electron chi connectivity index (χ3n) is 2.62. The first-order valence-corrected chi connectivity index (χ1v) is 6.30. The van der Waals surface area contributed by atoms with Crippen molar-refractivity contribution in [3.63, 3.8) is 0 Å². The van der Waals surface area contributed by atoms with E-state index in [0.717, 1.165) is 0 Å². The van der Waals surface area contributed by atoms with Crippen LogP contribution in [0.25, 0.3) is 0 Å². The number of amides is 2. The Hall–Kier alpha value is -1.63. The minimum absolute atomic E-state index is 0.132. The molecule has 0 aliphatic carbocycles. The van der Waals surface area contributed by atoms with E-state index in [9.17, 15) is 14.4 Å². The smallest absolute Gasteiger partial charge is 0.326 e. The Morgan fingerprint density at radius 1 is 1.21 bits per heavy atom. The highest BCUT2D eigenvalue weighted by molar-refractivity contribution is 5.90. The van der Waals surface area contributed by atoms with E-state index in [2.05, 4.69) is 10.6 Å². The number of carboxylic acid groups (broad SMARTS) is 1. The maximum absolute atomic E-state index is 12.0. The molecule has 0 rings (SSSR count). The molecule has 2 atom stereocenters. The van der Waals surface area contributed by atoms with Gasteiger partial charge in [-0.3, -0.25) is 9.59 Å². The predicted octanol–water partition coefficient (Wildman–Crippen LogP) is -0.545. The largest absolute Gasteiger partial charge is 0.480 e. The Kier molecular flexibility index (Phi) is 7.74. The maximum Gasteiger partial charge on any atom is 0.326 e. The van der Waals surface area contributed by atoms with Crippen LogP contribution in [0.15, 0.2) is 0 Å². The fourth-order valence-electron chi connectivity index (χ4n) is 1.59. The summed E-state index contributed by atoms with van der Waals surface area (Å²) < 4.78 is 0. The van der Waals surface area contributed by atoms with Crippen molar-refractivity contribution in [2.45, 2.75) is 45.7 Å². The molecule has 0 fully saturated rings. The monoisotopic (exact) mass is 273 g/mol. The van der Waals surface area contributed by atoms with E-state index < -0.39 is 24.0 Å². The van der Waals surface area contributed by atoms with Crippen LogP contribution in [-0.4, -0.2) is 41.5 Å². The van der Waals surface area contributed by atoms with Crippen molar-refractivity contribution in [2.24, 2.45) is 11.7 Å². The number of hydrogen-bond acceptors (Lipinski definition) is 4. The van der Waals surface area contributed by atoms with E-state index in [4.69, 9.17) is 10.8 Å². The molecule has 0 saturated heterocycles. The molecule has 0 aliphatic heterocycles. The summed E-state index contributed by atoms with van der Waals surface area (Å²) >= 11 is 0. The summed E-state index contributed by atoms with van der Waals surface area (Å²) in [7, 11) is 0. The fourth-order valence-corrected chi connectivity index (χ4v) is 1.59. The van der Waals surface area contributed by atoms with E-state index in [0.29, 0.717) is 13.0 Å². The highest BCUT2D eigenvalue weighted by Gasteiger charge is 2.27. The number of aliphatic carboxylic acids is 1. The van der Waals surface area contributed by atoms with Gasteiger partial charge in [0, 0.05) is 6.92 Å². The summed E-state index contributed by atoms with van der Waals surface area (Å²) in [5.74, 6) is -2.06. The Balaban J connectivity index is 4.65. The van der Waals surface area contributed by atoms with Crippen LogP contribution in [0.5, 0.6) is 0 Å². The summed E-state index contributed by atoms with van der Waals surface area (Å²) in [5, 5.41) is 13.9. The van der Waals surface area contributed by atoms with Crippen LogP contribution < -0.4 is 16.4 Å². The van der Waals surface area contributed by atoms with Gasteiger partial charge in [0.15, 0.2) is 0 Å². The Morgan fingerprint density at radius 2 is 1.79 bits per heavy atom. The number of carbonyl (C=O) groups is 3. The number of nitrogens with one attached hydrogen (secondary N) is 2. The predicted molar refractivity (Wildman–Crippen MR) is 70.3 cm³/mol. The van der Waals surface area contributed by atoms with Crippen LogP contribution in [0.2, 0.25) is 0 Å². The van der Waals surface area contributed by atoms with Crippen LogP contribution >= 0.6 is 0 Å². The highest BCUT2D eigenvalue weighted by Crippen LogP contribution is 2.04. The second kappa shape index (κ2) is 8.47. The van der Waals surface area contributed by atoms with E-state index >= 15 is 0 Å². The second-order valence-corrected chi connectivity index (χ2v) is 4.75. The van der Waals surface area contributed by atoms with Gasteiger partial charge in [-0.25, -0.2) is 4.79 Å². The SMILES string of the molecule is CC(=O)N[C@H](C(=O)N[C@@H](CCCN)C(=O)O)C(C)C. The number of nitrogens with two attached hydrogens (primary N) is 1. The van der Waals surface area contributed by atoms with Crippen molar-refractivity contribution < 1.29 is 19.5 Å². The van der Waals surface area contributed by atoms with Crippen LogP contribution in [0, 0.1) is 5.92 Å². The molecule has 0 bridgehead atoms. The van der Waals surface area contributed by atoms with Crippen LogP contribution in [-0.2, 0) is 14.4 Å². The molecule has 0 aliphatic rings. The Labute approximate surface area is 112 Å². The first-order chi connectivity index (χ1) is 8.79. The summed E-state index contributed by atoms with van der Waals surface area (Å²) in [4.78, 5) is 34.0. The van der Waals surface area contributed by atoms with Crippen LogP contribution in [0.1, 0.15) is 33.6 Å². The molecule has 0 aromatic rings. The number of hydrogen-bond donors (Lipinski definition) is 4. The number of carboxylic acids is 1. The average molecular weight is 273 g/mol. The van der Waals surface area contributed by atoms with Gasteiger partial charge in [0.1, 0.15) is 12.1 Å². The van der Waals surface area contributed by atoms with Gasteiger partial charge in [0.2, 0.25) is 11.8 Å². The molecule has 7 nitrogen and oxygen atoms in total. The summed E-state index contributed by atoms with van der Waals surface area (Å²) in [6.07, 6.45) is 0.770. The summed E-state index contributed by atoms with van der Waals surface area (Å²) in [5.41, 5.74) is 5.32. The van der Waals surface area contributed by atoms with E-state index in [-0.39, 0.29) is 18.2 Å². The van der Waals surface area contributed by atoms with E-state index in [1.165, 1.54) is 6.92 Å². The first-order valence-electron chi connectivity index (χ1n) is 6.30. The average Bonchev–Trinajstić information content (AvgIpc) is 2.30. The van der Waals surface area contributed by atoms with Crippen molar-refractivity contribution in [3.05, 3.63) is 0 Å². The first kappa shape index (κ1) is 17.4. The lowest BCUT2D eigenvalue weighted by Gasteiger charge is -2.23. The van der Waals surface area contributed by atoms with E-state index in [1.807, 2.05) is 0 Å². The molecule has 0 spiro atoms. The zero-order valence-corrected chi connectivity index (χ0v) is 11.6. The quantitative estimate of drug-likeness (QED) is 0.473. The molecule has 110 valence electrons. The molecular formula is C12H23N3O4. The lowest BCUT2D eigenvalue weighted by atomic mass is 10.0. The van der Waals surface area contributed by atoms with E-state index in [1.54, 1.807) is 13.8 Å². The molecule has 0 aromatic carbocycles. The van der Waals surface area contributed by atoms with Gasteiger partial charge >= 0.3 is 5.97 Å². The highest BCUT2D eigenvalue weighted by atomic mass is 16.4. The molecule has 19 heavy (non-hydrogen) atoms. The molecule has 7 heteroatoms. The van der Waals surface area contributed by atoms with Gasteiger partial charge in [-0.1, -0.05) is 13.8 Å². The second-order valence-electron chi connectivity index (χ2n) is 4.75. The molecule has 0 unspecified atom stereocenters. The van der Waals surface area contributed by atoms with Gasteiger partial charge in [-0.15, -0.1) is 0 Å². The van der Waals surface area contributed by atoms with Crippen LogP contribution in [0.3, 0.4) is 0 Å². The van der Waals surface area contributed by atoms with Crippen molar-refractivity contribution in [3.8, 4) is 0 Å². The number of rotatable bonds is 8. The van der Waals surface area contributed by atoms with Gasteiger partial charge in [0.25, 0.3) is 0 Å². The van der Waals surface area contributed by atoms with Crippen molar-refractivity contribution in [2.75, 3.05) is 6.54 Å². The fraction of sp³-hybridized carbons (Fsp3) is 0.750. The lowest BCUT2D eigenvalue weighted by molar-refractivity contribution is -0.142. The minimum Gasteiger partial charge on any atom is -0.480 e. The molecule has 2 amide bonds. The molecule has 0 saturated carbocycles. The topological polar surface area (TPSA) is 122 Å². The molecular weight excluding hydrogens is 250 g/mol. The number of carbonyl (C=O) groups excluding carboxylic acids is 2. The summed E-state index contributed by atoms with van der Waals surface area (Å²) in [6, 6.07) is -1.72. The normalized spacial score (nSPS) is 13.7. The van der Waals surface area contributed by atoms with Crippen LogP contribution in [0.4, 0.5) is 0 Å². The third-order valence-corrected chi connectivity index (χ3v) is 2.62. The molecule has 0 aromatic heterocycles. The third kappa shape index (κ3) is 6.76. The zero-order chi connectivity index (χ0) is 15.0. The van der Waals surface area contributed by atoms with Gasteiger partial charge in [0.05, 0.1) is 0 Å². The summed E-state index contributed by atoms with van der Waals surface area (Å²) in [6.45, 7) is 5.22.